The fourth-order valence-electron chi connectivity index (χ4n) is 2.50. The van der Waals surface area contributed by atoms with Gasteiger partial charge in [-0.15, -0.1) is 0 Å². The fraction of sp³-hybridized carbons (Fsp3) is 0.381. The van der Waals surface area contributed by atoms with E-state index in [2.05, 4.69) is 6.92 Å². The third-order valence-electron chi connectivity index (χ3n) is 4.03. The Morgan fingerprint density at radius 3 is 2.19 bits per heavy atom. The van der Waals surface area contributed by atoms with Crippen molar-refractivity contribution in [1.82, 2.24) is 0 Å². The third-order valence-corrected chi connectivity index (χ3v) is 5.05. The van der Waals surface area contributed by atoms with Gasteiger partial charge in [-0.05, 0) is 36.8 Å². The molecule has 0 aromatic heterocycles. The largest absolute Gasteiger partial charge is 0.494 e. The quantitative estimate of drug-likeness (QED) is 0.169. The minimum atomic E-state index is -0.530. The molecular formula is C21H23Cl3O3. The maximum atomic E-state index is 12.3. The first kappa shape index (κ1) is 21.9. The number of benzene rings is 2. The molecule has 2 aromatic carbocycles. The zero-order valence-electron chi connectivity index (χ0n) is 15.3. The van der Waals surface area contributed by atoms with Gasteiger partial charge in [0.25, 0.3) is 0 Å². The third kappa shape index (κ3) is 7.25. The molecule has 0 unspecified atom stereocenters. The normalized spacial score (nSPS) is 10.7. The molecule has 146 valence electrons. The van der Waals surface area contributed by atoms with E-state index in [1.54, 1.807) is 24.3 Å². The molecule has 2 aromatic rings. The lowest BCUT2D eigenvalue weighted by Crippen LogP contribution is -2.09. The van der Waals surface area contributed by atoms with Crippen molar-refractivity contribution in [3.8, 4) is 11.5 Å². The van der Waals surface area contributed by atoms with Gasteiger partial charge in [0.1, 0.15) is 5.75 Å². The van der Waals surface area contributed by atoms with E-state index in [0.717, 1.165) is 12.2 Å². The van der Waals surface area contributed by atoms with Crippen LogP contribution in [0.15, 0.2) is 36.4 Å². The summed E-state index contributed by atoms with van der Waals surface area (Å²) in [6.07, 6.45) is 7.29. The molecule has 0 aliphatic carbocycles. The summed E-state index contributed by atoms with van der Waals surface area (Å²) in [7, 11) is 0. The van der Waals surface area contributed by atoms with Gasteiger partial charge in [0.05, 0.1) is 27.2 Å². The van der Waals surface area contributed by atoms with Crippen LogP contribution < -0.4 is 9.47 Å². The topological polar surface area (TPSA) is 35.5 Å². The summed E-state index contributed by atoms with van der Waals surface area (Å²) in [5, 5.41) is 0.785. The highest BCUT2D eigenvalue weighted by molar-refractivity contribution is 6.43. The maximum Gasteiger partial charge on any atom is 0.343 e. The van der Waals surface area contributed by atoms with Crippen LogP contribution in [0.1, 0.15) is 55.8 Å². The van der Waals surface area contributed by atoms with Gasteiger partial charge in [-0.25, -0.2) is 4.79 Å². The highest BCUT2D eigenvalue weighted by Gasteiger charge is 2.13. The van der Waals surface area contributed by atoms with Gasteiger partial charge in [-0.2, -0.15) is 0 Å². The summed E-state index contributed by atoms with van der Waals surface area (Å²) in [4.78, 5) is 12.3. The Bertz CT molecular complexity index is 745. The van der Waals surface area contributed by atoms with Crippen molar-refractivity contribution in [3.05, 3.63) is 57.0 Å². The second-order valence-electron chi connectivity index (χ2n) is 6.23. The van der Waals surface area contributed by atoms with Crippen molar-refractivity contribution in [3.63, 3.8) is 0 Å². The van der Waals surface area contributed by atoms with E-state index in [9.17, 15) is 4.79 Å². The zero-order valence-corrected chi connectivity index (χ0v) is 17.5. The summed E-state index contributed by atoms with van der Waals surface area (Å²) in [5.41, 5.74) is 0.393. The van der Waals surface area contributed by atoms with E-state index in [0.29, 0.717) is 17.2 Å². The number of carbonyl (C=O) groups excluding carboxylic acids is 1. The Morgan fingerprint density at radius 2 is 1.48 bits per heavy atom. The second kappa shape index (κ2) is 11.4. The van der Waals surface area contributed by atoms with Crippen molar-refractivity contribution in [2.24, 2.45) is 0 Å². The van der Waals surface area contributed by atoms with Crippen LogP contribution in [0.5, 0.6) is 11.5 Å². The van der Waals surface area contributed by atoms with E-state index < -0.39 is 5.97 Å². The molecule has 3 nitrogen and oxygen atoms in total. The molecule has 0 bridgehead atoms. The smallest absolute Gasteiger partial charge is 0.343 e. The van der Waals surface area contributed by atoms with Gasteiger partial charge in [0.2, 0.25) is 0 Å². The van der Waals surface area contributed by atoms with E-state index in [-0.39, 0.29) is 15.8 Å². The van der Waals surface area contributed by atoms with Crippen LogP contribution in [0.3, 0.4) is 0 Å². The Kier molecular flexibility index (Phi) is 9.26. The van der Waals surface area contributed by atoms with E-state index in [1.165, 1.54) is 44.2 Å². The molecular weight excluding hydrogens is 407 g/mol. The number of esters is 1. The average molecular weight is 430 g/mol. The Morgan fingerprint density at radius 1 is 0.852 bits per heavy atom. The number of unbranched alkanes of at least 4 members (excludes halogenated alkanes) is 5. The molecule has 2 rings (SSSR count). The molecule has 0 atom stereocenters. The van der Waals surface area contributed by atoms with Crippen molar-refractivity contribution in [2.45, 2.75) is 45.4 Å². The SMILES string of the molecule is CCCCCCCCOc1ccc(C(=O)Oc2cc(Cl)c(Cl)cc2Cl)cc1. The minimum absolute atomic E-state index is 0.166. The molecule has 0 N–H and O–H groups in total. The van der Waals surface area contributed by atoms with Crippen LogP contribution >= 0.6 is 34.8 Å². The molecule has 0 amide bonds. The average Bonchev–Trinajstić information content (AvgIpc) is 2.66. The van der Waals surface area contributed by atoms with Gasteiger partial charge in [0.15, 0.2) is 5.75 Å². The summed E-state index contributed by atoms with van der Waals surface area (Å²) in [6, 6.07) is 9.68. The van der Waals surface area contributed by atoms with Gasteiger partial charge in [-0.3, -0.25) is 0 Å². The van der Waals surface area contributed by atoms with E-state index in [1.807, 2.05) is 0 Å². The molecule has 0 saturated carbocycles. The van der Waals surface area contributed by atoms with Crippen LogP contribution in [-0.2, 0) is 0 Å². The van der Waals surface area contributed by atoms with E-state index >= 15 is 0 Å². The molecule has 0 aliphatic rings. The zero-order chi connectivity index (χ0) is 19.6. The molecule has 27 heavy (non-hydrogen) atoms. The lowest BCUT2D eigenvalue weighted by atomic mass is 10.1. The molecule has 0 saturated heterocycles. The van der Waals surface area contributed by atoms with Crippen LogP contribution in [0, 0.1) is 0 Å². The summed E-state index contributed by atoms with van der Waals surface area (Å²) >= 11 is 17.8. The number of halogens is 3. The van der Waals surface area contributed by atoms with Gasteiger partial charge in [-0.1, -0.05) is 73.8 Å². The van der Waals surface area contributed by atoms with Gasteiger partial charge in [0, 0.05) is 6.07 Å². The van der Waals surface area contributed by atoms with Crippen LogP contribution in [0.25, 0.3) is 0 Å². The number of ether oxygens (including phenoxy) is 2. The van der Waals surface area contributed by atoms with Gasteiger partial charge >= 0.3 is 5.97 Å². The number of rotatable bonds is 10. The molecule has 0 aliphatic heterocycles. The summed E-state index contributed by atoms with van der Waals surface area (Å²) < 4.78 is 11.0. The highest BCUT2D eigenvalue weighted by atomic mass is 35.5. The molecule has 0 radical (unpaired) electrons. The lowest BCUT2D eigenvalue weighted by molar-refractivity contribution is 0.0735. The predicted octanol–water partition coefficient (Wildman–Crippen LogP) is 7.61. The molecule has 0 spiro atoms. The highest BCUT2D eigenvalue weighted by Crippen LogP contribution is 2.34. The minimum Gasteiger partial charge on any atom is -0.494 e. The molecule has 6 heteroatoms. The van der Waals surface area contributed by atoms with Crippen LogP contribution in [0.4, 0.5) is 0 Å². The summed E-state index contributed by atoms with van der Waals surface area (Å²) in [6.45, 7) is 2.89. The molecule has 0 fully saturated rings. The number of hydrogen-bond donors (Lipinski definition) is 0. The lowest BCUT2D eigenvalue weighted by Gasteiger charge is -2.09. The van der Waals surface area contributed by atoms with Crippen molar-refractivity contribution in [1.29, 1.82) is 0 Å². The first-order valence-electron chi connectivity index (χ1n) is 9.11. The monoisotopic (exact) mass is 428 g/mol. The predicted molar refractivity (Wildman–Crippen MR) is 112 cm³/mol. The first-order valence-corrected chi connectivity index (χ1v) is 10.2. The van der Waals surface area contributed by atoms with Crippen LogP contribution in [0.2, 0.25) is 15.1 Å². The second-order valence-corrected chi connectivity index (χ2v) is 7.45. The van der Waals surface area contributed by atoms with Crippen molar-refractivity contribution in [2.75, 3.05) is 6.61 Å². The standard InChI is InChI=1S/C21H23Cl3O3/c1-2-3-4-5-6-7-12-26-16-10-8-15(9-11-16)21(25)27-20-14-18(23)17(22)13-19(20)24/h8-11,13-14H,2-7,12H2,1H3. The fourth-order valence-corrected chi connectivity index (χ4v) is 3.08. The van der Waals surface area contributed by atoms with Gasteiger partial charge < -0.3 is 9.47 Å². The van der Waals surface area contributed by atoms with E-state index in [4.69, 9.17) is 44.3 Å². The summed E-state index contributed by atoms with van der Waals surface area (Å²) in [5.74, 6) is 0.366. The van der Waals surface area contributed by atoms with Crippen molar-refractivity contribution >= 4 is 40.8 Å². The van der Waals surface area contributed by atoms with Crippen LogP contribution in [-0.4, -0.2) is 12.6 Å². The van der Waals surface area contributed by atoms with Crippen molar-refractivity contribution < 1.29 is 14.3 Å². The Balaban J connectivity index is 1.82. The number of hydrogen-bond acceptors (Lipinski definition) is 3. The number of carbonyl (C=O) groups is 1. The Labute approximate surface area is 175 Å². The molecule has 0 heterocycles. The maximum absolute atomic E-state index is 12.3. The Hall–Kier alpha value is -1.42. The first-order chi connectivity index (χ1) is 13.0.